The number of halogens is 1. The number of benzene rings is 2. The molecule has 1 heterocycles. The second-order valence-electron chi connectivity index (χ2n) is 4.67. The molecule has 1 amide bonds. The first-order valence-corrected chi connectivity index (χ1v) is 6.88. The zero-order chi connectivity index (χ0) is 13.2. The van der Waals surface area contributed by atoms with Gasteiger partial charge in [0.1, 0.15) is 0 Å². The van der Waals surface area contributed by atoms with Crippen molar-refractivity contribution < 1.29 is 4.79 Å². The van der Waals surface area contributed by atoms with E-state index in [1.165, 1.54) is 5.56 Å². The van der Waals surface area contributed by atoms with Gasteiger partial charge in [-0.15, -0.1) is 11.6 Å². The van der Waals surface area contributed by atoms with Crippen LogP contribution in [0.4, 0.5) is 5.69 Å². The van der Waals surface area contributed by atoms with Crippen LogP contribution < -0.4 is 4.90 Å². The molecular formula is C16H14ClNO. The van der Waals surface area contributed by atoms with Crippen molar-refractivity contribution in [3.8, 4) is 0 Å². The van der Waals surface area contributed by atoms with E-state index in [1.54, 1.807) is 0 Å². The summed E-state index contributed by atoms with van der Waals surface area (Å²) in [6.07, 6.45) is 0.901. The fraction of sp³-hybridized carbons (Fsp3) is 0.188. The summed E-state index contributed by atoms with van der Waals surface area (Å²) in [5, 5.41) is 0. The third-order valence-electron chi connectivity index (χ3n) is 3.46. The maximum absolute atomic E-state index is 12.5. The van der Waals surface area contributed by atoms with Gasteiger partial charge in [0.05, 0.1) is 0 Å². The van der Waals surface area contributed by atoms with Crippen molar-refractivity contribution in [1.82, 2.24) is 0 Å². The van der Waals surface area contributed by atoms with Gasteiger partial charge in [0.15, 0.2) is 0 Å². The highest BCUT2D eigenvalue weighted by Crippen LogP contribution is 2.30. The topological polar surface area (TPSA) is 20.3 Å². The molecule has 96 valence electrons. The largest absolute Gasteiger partial charge is 0.308 e. The Hall–Kier alpha value is -1.80. The average molecular weight is 272 g/mol. The summed E-state index contributed by atoms with van der Waals surface area (Å²) >= 11 is 5.84. The van der Waals surface area contributed by atoms with E-state index in [2.05, 4.69) is 6.07 Å². The molecule has 0 atom stereocenters. The fourth-order valence-electron chi connectivity index (χ4n) is 2.49. The van der Waals surface area contributed by atoms with Crippen molar-refractivity contribution in [2.24, 2.45) is 0 Å². The molecule has 3 heteroatoms. The minimum Gasteiger partial charge on any atom is -0.308 e. The lowest BCUT2D eigenvalue weighted by Gasteiger charge is -2.17. The van der Waals surface area contributed by atoms with Crippen LogP contribution in [0.2, 0.25) is 0 Å². The van der Waals surface area contributed by atoms with E-state index in [1.807, 2.05) is 47.4 Å². The number of rotatable bonds is 2. The predicted molar refractivity (Wildman–Crippen MR) is 77.8 cm³/mol. The minimum absolute atomic E-state index is 0.0676. The number of hydrogen-bond donors (Lipinski definition) is 0. The van der Waals surface area contributed by atoms with Gasteiger partial charge in [0, 0.05) is 23.7 Å². The van der Waals surface area contributed by atoms with Gasteiger partial charge in [-0.1, -0.05) is 30.3 Å². The van der Waals surface area contributed by atoms with Gasteiger partial charge in [-0.05, 0) is 35.7 Å². The number of fused-ring (bicyclic) bond motifs is 1. The Morgan fingerprint density at radius 3 is 2.68 bits per heavy atom. The van der Waals surface area contributed by atoms with Gasteiger partial charge in [-0.2, -0.15) is 0 Å². The molecule has 0 unspecified atom stereocenters. The van der Waals surface area contributed by atoms with E-state index in [-0.39, 0.29) is 5.91 Å². The van der Waals surface area contributed by atoms with Crippen molar-refractivity contribution in [2.75, 3.05) is 11.4 Å². The Morgan fingerprint density at radius 1 is 1.16 bits per heavy atom. The standard InChI is InChI=1S/C16H14ClNO/c17-11-12-6-7-15-14(10-12)8-9-18(15)16(19)13-4-2-1-3-5-13/h1-7,10H,8-9,11H2. The van der Waals surface area contributed by atoms with Crippen molar-refractivity contribution in [2.45, 2.75) is 12.3 Å². The molecule has 0 radical (unpaired) electrons. The number of carbonyl (C=O) groups excluding carboxylic acids is 1. The lowest BCUT2D eigenvalue weighted by Crippen LogP contribution is -2.28. The van der Waals surface area contributed by atoms with Gasteiger partial charge in [0.25, 0.3) is 5.91 Å². The van der Waals surface area contributed by atoms with E-state index < -0.39 is 0 Å². The Kier molecular flexibility index (Phi) is 3.26. The molecule has 0 fully saturated rings. The second-order valence-corrected chi connectivity index (χ2v) is 4.94. The van der Waals surface area contributed by atoms with Crippen molar-refractivity contribution >= 4 is 23.2 Å². The van der Waals surface area contributed by atoms with Crippen LogP contribution in [0, 0.1) is 0 Å². The molecule has 0 aromatic heterocycles. The van der Waals surface area contributed by atoms with E-state index in [9.17, 15) is 4.79 Å². The molecule has 2 aromatic carbocycles. The molecule has 1 aliphatic heterocycles. The van der Waals surface area contributed by atoms with Gasteiger partial charge in [-0.25, -0.2) is 0 Å². The van der Waals surface area contributed by atoms with Gasteiger partial charge >= 0.3 is 0 Å². The minimum atomic E-state index is 0.0676. The number of nitrogens with zero attached hydrogens (tertiary/aromatic N) is 1. The first-order valence-electron chi connectivity index (χ1n) is 6.34. The predicted octanol–water partition coefficient (Wildman–Crippen LogP) is 3.63. The highest BCUT2D eigenvalue weighted by molar-refractivity contribution is 6.17. The van der Waals surface area contributed by atoms with Crippen molar-refractivity contribution in [1.29, 1.82) is 0 Å². The normalized spacial score (nSPS) is 13.4. The monoisotopic (exact) mass is 271 g/mol. The number of anilines is 1. The number of hydrogen-bond acceptors (Lipinski definition) is 1. The summed E-state index contributed by atoms with van der Waals surface area (Å²) in [6, 6.07) is 15.5. The molecule has 0 saturated carbocycles. The van der Waals surface area contributed by atoms with Gasteiger partial charge in [0.2, 0.25) is 0 Å². The maximum Gasteiger partial charge on any atom is 0.258 e. The molecule has 3 rings (SSSR count). The second kappa shape index (κ2) is 5.06. The summed E-state index contributed by atoms with van der Waals surface area (Å²) in [4.78, 5) is 14.3. The van der Waals surface area contributed by atoms with Crippen molar-refractivity contribution in [3.63, 3.8) is 0 Å². The Bertz CT molecular complexity index is 609. The van der Waals surface area contributed by atoms with Crippen LogP contribution in [0.5, 0.6) is 0 Å². The summed E-state index contributed by atoms with van der Waals surface area (Å²) < 4.78 is 0. The van der Waals surface area contributed by atoms with E-state index >= 15 is 0 Å². The SMILES string of the molecule is O=C(c1ccccc1)N1CCc2cc(CCl)ccc21. The number of amides is 1. The van der Waals surface area contributed by atoms with Crippen LogP contribution in [0.15, 0.2) is 48.5 Å². The average Bonchev–Trinajstić information content (AvgIpc) is 2.90. The fourth-order valence-corrected chi connectivity index (χ4v) is 2.65. The van der Waals surface area contributed by atoms with Crippen molar-refractivity contribution in [3.05, 3.63) is 65.2 Å². The molecule has 0 aliphatic carbocycles. The van der Waals surface area contributed by atoms with Gasteiger partial charge < -0.3 is 4.90 Å². The van der Waals surface area contributed by atoms with E-state index in [0.29, 0.717) is 5.88 Å². The van der Waals surface area contributed by atoms with Crippen LogP contribution in [-0.4, -0.2) is 12.5 Å². The van der Waals surface area contributed by atoms with Crippen LogP contribution in [-0.2, 0) is 12.3 Å². The Balaban J connectivity index is 1.92. The summed E-state index contributed by atoms with van der Waals surface area (Å²) in [7, 11) is 0. The van der Waals surface area contributed by atoms with E-state index in [4.69, 9.17) is 11.6 Å². The molecular weight excluding hydrogens is 258 g/mol. The van der Waals surface area contributed by atoms with Gasteiger partial charge in [-0.3, -0.25) is 4.79 Å². The highest BCUT2D eigenvalue weighted by atomic mass is 35.5. The van der Waals surface area contributed by atoms with E-state index in [0.717, 1.165) is 29.8 Å². The lowest BCUT2D eigenvalue weighted by atomic mass is 10.1. The molecule has 0 saturated heterocycles. The lowest BCUT2D eigenvalue weighted by molar-refractivity contribution is 0.0989. The van der Waals surface area contributed by atoms with Crippen LogP contribution in [0.1, 0.15) is 21.5 Å². The molecule has 0 N–H and O–H groups in total. The Morgan fingerprint density at radius 2 is 1.95 bits per heavy atom. The highest BCUT2D eigenvalue weighted by Gasteiger charge is 2.25. The molecule has 1 aliphatic rings. The zero-order valence-electron chi connectivity index (χ0n) is 10.5. The third kappa shape index (κ3) is 2.24. The smallest absolute Gasteiger partial charge is 0.258 e. The molecule has 0 bridgehead atoms. The maximum atomic E-state index is 12.5. The number of alkyl halides is 1. The summed E-state index contributed by atoms with van der Waals surface area (Å²) in [5.41, 5.74) is 4.07. The summed E-state index contributed by atoms with van der Waals surface area (Å²) in [6.45, 7) is 0.745. The molecule has 2 aromatic rings. The van der Waals surface area contributed by atoms with Crippen LogP contribution in [0.3, 0.4) is 0 Å². The third-order valence-corrected chi connectivity index (χ3v) is 3.77. The first kappa shape index (κ1) is 12.2. The van der Waals surface area contributed by atoms with Crippen LogP contribution in [0.25, 0.3) is 0 Å². The number of carbonyl (C=O) groups is 1. The molecule has 19 heavy (non-hydrogen) atoms. The Labute approximate surface area is 117 Å². The first-order chi connectivity index (χ1) is 9.29. The molecule has 2 nitrogen and oxygen atoms in total. The summed E-state index contributed by atoms with van der Waals surface area (Å²) in [5.74, 6) is 0.581. The van der Waals surface area contributed by atoms with Crippen LogP contribution >= 0.6 is 11.6 Å². The molecule has 0 spiro atoms. The quantitative estimate of drug-likeness (QED) is 0.764. The zero-order valence-corrected chi connectivity index (χ0v) is 11.2.